The van der Waals surface area contributed by atoms with Crippen molar-refractivity contribution < 1.29 is 4.74 Å². The third-order valence-corrected chi connectivity index (χ3v) is 2.77. The molecule has 0 fully saturated rings. The molecule has 0 aliphatic carbocycles. The van der Waals surface area contributed by atoms with Crippen molar-refractivity contribution in [2.75, 3.05) is 13.7 Å². The summed E-state index contributed by atoms with van der Waals surface area (Å²) in [5.41, 5.74) is 7.00. The van der Waals surface area contributed by atoms with Crippen molar-refractivity contribution in [1.29, 1.82) is 0 Å². The standard InChI is InChI=1S/C15H15N3O2/c1-20-14-5-4-12(3-2-7-16)13(9-14)10-18-11-17-8-6-15(18)19/h4-6,8-9,11H,7,10,16H2,1H3. The van der Waals surface area contributed by atoms with Gasteiger partial charge >= 0.3 is 0 Å². The average Bonchev–Trinajstić information content (AvgIpc) is 2.48. The predicted octanol–water partition coefficient (Wildman–Crippen LogP) is 0.610. The first kappa shape index (κ1) is 13.8. The molecule has 0 spiro atoms. The van der Waals surface area contributed by atoms with E-state index in [1.165, 1.54) is 23.2 Å². The summed E-state index contributed by atoms with van der Waals surface area (Å²) in [5.74, 6) is 6.53. The Morgan fingerprint density at radius 1 is 1.40 bits per heavy atom. The van der Waals surface area contributed by atoms with Crippen molar-refractivity contribution in [2.45, 2.75) is 6.54 Å². The van der Waals surface area contributed by atoms with Crippen LogP contribution in [0.15, 0.2) is 41.6 Å². The topological polar surface area (TPSA) is 70.1 Å². The van der Waals surface area contributed by atoms with E-state index in [1.807, 2.05) is 18.2 Å². The first-order chi connectivity index (χ1) is 9.74. The second kappa shape index (κ2) is 6.55. The number of nitrogens with two attached hydrogens (primary N) is 1. The number of benzene rings is 1. The Hall–Kier alpha value is -2.58. The van der Waals surface area contributed by atoms with Gasteiger partial charge in [0.15, 0.2) is 0 Å². The molecule has 0 saturated heterocycles. The van der Waals surface area contributed by atoms with Gasteiger partial charge in [-0.25, -0.2) is 4.98 Å². The molecule has 2 N–H and O–H groups in total. The molecule has 0 bridgehead atoms. The fourth-order valence-corrected chi connectivity index (χ4v) is 1.78. The minimum atomic E-state index is -0.111. The van der Waals surface area contributed by atoms with Crippen LogP contribution in [-0.2, 0) is 6.54 Å². The third kappa shape index (κ3) is 3.25. The van der Waals surface area contributed by atoms with Gasteiger partial charge in [-0.1, -0.05) is 11.8 Å². The molecule has 0 atom stereocenters. The lowest BCUT2D eigenvalue weighted by molar-refractivity contribution is 0.414. The monoisotopic (exact) mass is 269 g/mol. The van der Waals surface area contributed by atoms with Crippen LogP contribution in [0.2, 0.25) is 0 Å². The second-order valence-corrected chi connectivity index (χ2v) is 4.08. The summed E-state index contributed by atoms with van der Waals surface area (Å²) in [4.78, 5) is 15.7. The molecule has 0 radical (unpaired) electrons. The average molecular weight is 269 g/mol. The number of hydrogen-bond acceptors (Lipinski definition) is 4. The summed E-state index contributed by atoms with van der Waals surface area (Å²) in [6, 6.07) is 6.97. The Morgan fingerprint density at radius 3 is 2.95 bits per heavy atom. The van der Waals surface area contributed by atoms with E-state index in [4.69, 9.17) is 10.5 Å². The largest absolute Gasteiger partial charge is 0.497 e. The van der Waals surface area contributed by atoms with Crippen LogP contribution in [0.4, 0.5) is 0 Å². The summed E-state index contributed by atoms with van der Waals surface area (Å²) in [6.07, 6.45) is 2.97. The lowest BCUT2D eigenvalue weighted by atomic mass is 10.1. The molecule has 0 unspecified atom stereocenters. The number of rotatable bonds is 3. The van der Waals surface area contributed by atoms with Crippen molar-refractivity contribution in [1.82, 2.24) is 9.55 Å². The summed E-state index contributed by atoms with van der Waals surface area (Å²) in [5, 5.41) is 0. The summed E-state index contributed by atoms with van der Waals surface area (Å²) >= 11 is 0. The van der Waals surface area contributed by atoms with Gasteiger partial charge in [0.25, 0.3) is 5.56 Å². The van der Waals surface area contributed by atoms with E-state index < -0.39 is 0 Å². The maximum Gasteiger partial charge on any atom is 0.253 e. The zero-order valence-corrected chi connectivity index (χ0v) is 11.2. The highest BCUT2D eigenvalue weighted by atomic mass is 16.5. The second-order valence-electron chi connectivity index (χ2n) is 4.08. The lowest BCUT2D eigenvalue weighted by Crippen LogP contribution is -2.19. The molecule has 1 heterocycles. The molecular weight excluding hydrogens is 254 g/mol. The highest BCUT2D eigenvalue weighted by molar-refractivity contribution is 5.45. The lowest BCUT2D eigenvalue weighted by Gasteiger charge is -2.09. The molecule has 1 aromatic carbocycles. The van der Waals surface area contributed by atoms with Gasteiger partial charge < -0.3 is 10.5 Å². The van der Waals surface area contributed by atoms with Crippen LogP contribution in [0.5, 0.6) is 5.75 Å². The predicted molar refractivity (Wildman–Crippen MR) is 76.5 cm³/mol. The van der Waals surface area contributed by atoms with Crippen LogP contribution in [0.25, 0.3) is 0 Å². The molecule has 0 amide bonds. The number of nitrogens with zero attached hydrogens (tertiary/aromatic N) is 2. The SMILES string of the molecule is COc1ccc(C#CCN)c(Cn2cnccc2=O)c1. The minimum Gasteiger partial charge on any atom is -0.497 e. The highest BCUT2D eigenvalue weighted by Gasteiger charge is 2.05. The van der Waals surface area contributed by atoms with Gasteiger partial charge in [-0.15, -0.1) is 0 Å². The van der Waals surface area contributed by atoms with Crippen molar-refractivity contribution >= 4 is 0 Å². The quantitative estimate of drug-likeness (QED) is 0.829. The molecular formula is C15H15N3O2. The number of ether oxygens (including phenoxy) is 1. The van der Waals surface area contributed by atoms with E-state index in [9.17, 15) is 4.79 Å². The zero-order chi connectivity index (χ0) is 14.4. The first-order valence-electron chi connectivity index (χ1n) is 6.11. The van der Waals surface area contributed by atoms with Crippen LogP contribution in [-0.4, -0.2) is 23.2 Å². The fraction of sp³-hybridized carbons (Fsp3) is 0.200. The molecule has 0 aliphatic rings. The Balaban J connectivity index is 2.42. The number of aromatic nitrogens is 2. The third-order valence-electron chi connectivity index (χ3n) is 2.77. The van der Waals surface area contributed by atoms with Gasteiger partial charge in [-0.2, -0.15) is 0 Å². The zero-order valence-electron chi connectivity index (χ0n) is 11.2. The van der Waals surface area contributed by atoms with Gasteiger partial charge in [0.05, 0.1) is 26.5 Å². The van der Waals surface area contributed by atoms with Crippen LogP contribution < -0.4 is 16.0 Å². The Bertz CT molecular complexity index is 711. The smallest absolute Gasteiger partial charge is 0.253 e. The van der Waals surface area contributed by atoms with Crippen molar-refractivity contribution in [3.05, 3.63) is 58.3 Å². The van der Waals surface area contributed by atoms with Gasteiger partial charge in [0.2, 0.25) is 0 Å². The Kier molecular flexibility index (Phi) is 4.53. The molecule has 2 aromatic rings. The normalized spacial score (nSPS) is 9.70. The summed E-state index contributed by atoms with van der Waals surface area (Å²) in [7, 11) is 1.60. The molecule has 5 nitrogen and oxygen atoms in total. The minimum absolute atomic E-state index is 0.111. The van der Waals surface area contributed by atoms with E-state index in [1.54, 1.807) is 7.11 Å². The van der Waals surface area contributed by atoms with Gasteiger partial charge in [-0.05, 0) is 23.8 Å². The number of hydrogen-bond donors (Lipinski definition) is 1. The van der Waals surface area contributed by atoms with E-state index in [2.05, 4.69) is 16.8 Å². The van der Waals surface area contributed by atoms with E-state index >= 15 is 0 Å². The first-order valence-corrected chi connectivity index (χ1v) is 6.11. The van der Waals surface area contributed by atoms with Crippen molar-refractivity contribution in [2.24, 2.45) is 5.73 Å². The van der Waals surface area contributed by atoms with Crippen LogP contribution in [0, 0.1) is 11.8 Å². The molecule has 1 aromatic heterocycles. The molecule has 0 aliphatic heterocycles. The van der Waals surface area contributed by atoms with Crippen molar-refractivity contribution in [3.63, 3.8) is 0 Å². The Morgan fingerprint density at radius 2 is 2.25 bits per heavy atom. The van der Waals surface area contributed by atoms with E-state index in [0.29, 0.717) is 6.54 Å². The van der Waals surface area contributed by atoms with Gasteiger partial charge in [0.1, 0.15) is 5.75 Å². The Labute approximate surface area is 117 Å². The van der Waals surface area contributed by atoms with Crippen molar-refractivity contribution in [3.8, 4) is 17.6 Å². The van der Waals surface area contributed by atoms with E-state index in [0.717, 1.165) is 16.9 Å². The fourth-order valence-electron chi connectivity index (χ4n) is 1.78. The number of methoxy groups -OCH3 is 1. The highest BCUT2D eigenvalue weighted by Crippen LogP contribution is 2.17. The maximum absolute atomic E-state index is 11.7. The van der Waals surface area contributed by atoms with Crippen LogP contribution in [0.1, 0.15) is 11.1 Å². The van der Waals surface area contributed by atoms with Crippen LogP contribution >= 0.6 is 0 Å². The molecule has 2 rings (SSSR count). The summed E-state index contributed by atoms with van der Waals surface area (Å²) in [6.45, 7) is 0.677. The van der Waals surface area contributed by atoms with E-state index in [-0.39, 0.29) is 12.1 Å². The molecule has 102 valence electrons. The maximum atomic E-state index is 11.7. The van der Waals surface area contributed by atoms with Gasteiger partial charge in [0, 0.05) is 17.8 Å². The molecule has 20 heavy (non-hydrogen) atoms. The van der Waals surface area contributed by atoms with Crippen LogP contribution in [0.3, 0.4) is 0 Å². The molecule has 0 saturated carbocycles. The van der Waals surface area contributed by atoms with Gasteiger partial charge in [-0.3, -0.25) is 9.36 Å². The summed E-state index contributed by atoms with van der Waals surface area (Å²) < 4.78 is 6.72. The molecule has 5 heteroatoms.